The highest BCUT2D eigenvalue weighted by Gasteiger charge is 2.24. The monoisotopic (exact) mass is 362 g/mol. The summed E-state index contributed by atoms with van der Waals surface area (Å²) in [4.78, 5) is 11.2. The van der Waals surface area contributed by atoms with Crippen LogP contribution in [0.1, 0.15) is 60.2 Å². The highest BCUT2D eigenvalue weighted by molar-refractivity contribution is 5.92. The molecule has 25 heavy (non-hydrogen) atoms. The summed E-state index contributed by atoms with van der Waals surface area (Å²) >= 11 is 0. The van der Waals surface area contributed by atoms with Gasteiger partial charge in [0.25, 0.3) is 0 Å². The Balaban J connectivity index is 0.00000312. The summed E-state index contributed by atoms with van der Waals surface area (Å²) in [6, 6.07) is 16.9. The molecule has 0 aliphatic carbocycles. The normalized spacial score (nSPS) is 13.6. The molecule has 0 radical (unpaired) electrons. The molecule has 0 aliphatic heterocycles. The van der Waals surface area contributed by atoms with Gasteiger partial charge in [-0.15, -0.1) is 12.4 Å². The second-order valence-corrected chi connectivity index (χ2v) is 7.04. The largest absolute Gasteiger partial charge is 0.388 e. The number of carbonyl (C=O) groups is 1. The number of carbonyl (C=O) groups excluding carboxylic acids is 1. The van der Waals surface area contributed by atoms with E-state index in [1.165, 1.54) is 0 Å². The quantitative estimate of drug-likeness (QED) is 0.703. The molecular formula is C20H27ClN2O2. The van der Waals surface area contributed by atoms with Crippen molar-refractivity contribution >= 4 is 18.3 Å². The van der Waals surface area contributed by atoms with Gasteiger partial charge in [-0.05, 0) is 55.9 Å². The maximum absolute atomic E-state index is 11.2. The minimum absolute atomic E-state index is 0. The van der Waals surface area contributed by atoms with Crippen molar-refractivity contribution < 1.29 is 9.90 Å². The van der Waals surface area contributed by atoms with Crippen LogP contribution in [-0.4, -0.2) is 16.6 Å². The summed E-state index contributed by atoms with van der Waals surface area (Å²) in [7, 11) is 0. The highest BCUT2D eigenvalue weighted by atomic mass is 35.5. The molecule has 0 fully saturated rings. The maximum Gasteiger partial charge on any atom is 0.248 e. The number of halogens is 1. The molecule has 2 unspecified atom stereocenters. The SMILES string of the molecule is CC(C)(N)CC(CC(O)c1ccccc1)c1ccc(C(N)=O)cc1.Cl. The second kappa shape index (κ2) is 8.99. The fourth-order valence-corrected chi connectivity index (χ4v) is 2.97. The van der Waals surface area contributed by atoms with Gasteiger partial charge in [0.15, 0.2) is 0 Å². The van der Waals surface area contributed by atoms with Crippen LogP contribution in [0.4, 0.5) is 0 Å². The first-order valence-electron chi connectivity index (χ1n) is 8.18. The van der Waals surface area contributed by atoms with Gasteiger partial charge in [0.1, 0.15) is 0 Å². The van der Waals surface area contributed by atoms with Crippen molar-refractivity contribution in [1.29, 1.82) is 0 Å². The number of amides is 1. The molecule has 0 saturated carbocycles. The van der Waals surface area contributed by atoms with Gasteiger partial charge in [-0.2, -0.15) is 0 Å². The third-order valence-electron chi connectivity index (χ3n) is 4.13. The molecule has 5 N–H and O–H groups in total. The van der Waals surface area contributed by atoms with Crippen molar-refractivity contribution in [3.63, 3.8) is 0 Å². The molecular weight excluding hydrogens is 336 g/mol. The van der Waals surface area contributed by atoms with Crippen LogP contribution in [0.25, 0.3) is 0 Å². The van der Waals surface area contributed by atoms with E-state index in [2.05, 4.69) is 0 Å². The topological polar surface area (TPSA) is 89.3 Å². The average Bonchev–Trinajstić information content (AvgIpc) is 2.54. The fraction of sp³-hybridized carbons (Fsp3) is 0.350. The molecule has 0 aromatic heterocycles. The lowest BCUT2D eigenvalue weighted by molar-refractivity contribution is 0.1000. The number of nitrogens with two attached hydrogens (primary N) is 2. The minimum Gasteiger partial charge on any atom is -0.388 e. The second-order valence-electron chi connectivity index (χ2n) is 7.04. The molecule has 0 saturated heterocycles. The molecule has 0 spiro atoms. The van der Waals surface area contributed by atoms with E-state index in [1.54, 1.807) is 12.1 Å². The van der Waals surface area contributed by atoms with Crippen LogP contribution < -0.4 is 11.5 Å². The average molecular weight is 363 g/mol. The molecule has 4 nitrogen and oxygen atoms in total. The zero-order chi connectivity index (χ0) is 17.7. The molecule has 2 rings (SSSR count). The smallest absolute Gasteiger partial charge is 0.248 e. The Labute approximate surface area is 155 Å². The van der Waals surface area contributed by atoms with Crippen LogP contribution in [0.15, 0.2) is 54.6 Å². The van der Waals surface area contributed by atoms with Crippen molar-refractivity contribution in [2.75, 3.05) is 0 Å². The maximum atomic E-state index is 11.2. The Bertz CT molecular complexity index is 666. The molecule has 2 atom stereocenters. The Kier molecular flexibility index (Phi) is 7.61. The predicted molar refractivity (Wildman–Crippen MR) is 104 cm³/mol. The summed E-state index contributed by atoms with van der Waals surface area (Å²) in [6.45, 7) is 3.96. The van der Waals surface area contributed by atoms with Crippen molar-refractivity contribution in [1.82, 2.24) is 0 Å². The summed E-state index contributed by atoms with van der Waals surface area (Å²) in [5, 5.41) is 10.6. The standard InChI is InChI=1S/C20H26N2O2.ClH/c1-20(2,22)13-17(12-18(23)15-6-4-3-5-7-15)14-8-10-16(11-9-14)19(21)24;/h3-11,17-18,23H,12-13,22H2,1-2H3,(H2,21,24);1H. The molecule has 2 aromatic rings. The molecule has 2 aromatic carbocycles. The first-order chi connectivity index (χ1) is 11.3. The Morgan fingerprint density at radius 1 is 1.04 bits per heavy atom. The third kappa shape index (κ3) is 6.50. The Morgan fingerprint density at radius 3 is 2.08 bits per heavy atom. The lowest BCUT2D eigenvalue weighted by atomic mass is 9.82. The van der Waals surface area contributed by atoms with E-state index in [4.69, 9.17) is 11.5 Å². The summed E-state index contributed by atoms with van der Waals surface area (Å²) in [6.07, 6.45) is 0.738. The lowest BCUT2D eigenvalue weighted by Crippen LogP contribution is -2.34. The van der Waals surface area contributed by atoms with Crippen LogP contribution in [-0.2, 0) is 0 Å². The number of rotatable bonds is 7. The van der Waals surface area contributed by atoms with Gasteiger partial charge in [0.2, 0.25) is 5.91 Å². The summed E-state index contributed by atoms with van der Waals surface area (Å²) < 4.78 is 0. The van der Waals surface area contributed by atoms with Crippen LogP contribution >= 0.6 is 12.4 Å². The number of primary amides is 1. The number of hydrogen-bond donors (Lipinski definition) is 3. The van der Waals surface area contributed by atoms with E-state index in [-0.39, 0.29) is 23.9 Å². The van der Waals surface area contributed by atoms with Crippen LogP contribution in [0.5, 0.6) is 0 Å². The van der Waals surface area contributed by atoms with Gasteiger partial charge >= 0.3 is 0 Å². The van der Waals surface area contributed by atoms with Gasteiger partial charge in [-0.25, -0.2) is 0 Å². The van der Waals surface area contributed by atoms with Gasteiger partial charge in [-0.3, -0.25) is 4.79 Å². The van der Waals surface area contributed by atoms with Crippen molar-refractivity contribution in [2.24, 2.45) is 11.5 Å². The van der Waals surface area contributed by atoms with Gasteiger partial charge < -0.3 is 16.6 Å². The van der Waals surface area contributed by atoms with E-state index in [9.17, 15) is 9.90 Å². The zero-order valence-electron chi connectivity index (χ0n) is 14.7. The van der Waals surface area contributed by atoms with Crippen molar-refractivity contribution in [3.8, 4) is 0 Å². The fourth-order valence-electron chi connectivity index (χ4n) is 2.97. The first-order valence-corrected chi connectivity index (χ1v) is 8.18. The first kappa shape index (κ1) is 21.2. The molecule has 0 bridgehead atoms. The van der Waals surface area contributed by atoms with Gasteiger partial charge in [-0.1, -0.05) is 42.5 Å². The number of aliphatic hydroxyl groups excluding tert-OH is 1. The third-order valence-corrected chi connectivity index (χ3v) is 4.13. The van der Waals surface area contributed by atoms with E-state index in [0.717, 1.165) is 17.5 Å². The lowest BCUT2D eigenvalue weighted by Gasteiger charge is -2.28. The molecule has 136 valence electrons. The Morgan fingerprint density at radius 2 is 1.60 bits per heavy atom. The summed E-state index contributed by atoms with van der Waals surface area (Å²) in [5.41, 5.74) is 13.6. The van der Waals surface area contributed by atoms with E-state index in [0.29, 0.717) is 12.0 Å². The molecule has 5 heteroatoms. The number of aliphatic hydroxyl groups is 1. The minimum atomic E-state index is -0.561. The molecule has 1 amide bonds. The van der Waals surface area contributed by atoms with Crippen LogP contribution in [0.3, 0.4) is 0 Å². The zero-order valence-corrected chi connectivity index (χ0v) is 15.5. The number of benzene rings is 2. The van der Waals surface area contributed by atoms with E-state index < -0.39 is 12.0 Å². The molecule has 0 aliphatic rings. The molecule has 0 heterocycles. The van der Waals surface area contributed by atoms with E-state index in [1.807, 2.05) is 56.3 Å². The highest BCUT2D eigenvalue weighted by Crippen LogP contribution is 2.33. The van der Waals surface area contributed by atoms with Gasteiger partial charge in [0, 0.05) is 11.1 Å². The van der Waals surface area contributed by atoms with Crippen LogP contribution in [0, 0.1) is 0 Å². The van der Waals surface area contributed by atoms with Crippen molar-refractivity contribution in [2.45, 2.75) is 44.2 Å². The van der Waals surface area contributed by atoms with Crippen molar-refractivity contribution in [3.05, 3.63) is 71.3 Å². The summed E-state index contributed by atoms with van der Waals surface area (Å²) in [5.74, 6) is -0.358. The van der Waals surface area contributed by atoms with E-state index >= 15 is 0 Å². The predicted octanol–water partition coefficient (Wildman–Crippen LogP) is 3.54. The van der Waals surface area contributed by atoms with Gasteiger partial charge in [0.05, 0.1) is 6.10 Å². The van der Waals surface area contributed by atoms with Crippen LogP contribution in [0.2, 0.25) is 0 Å². The number of hydrogen-bond acceptors (Lipinski definition) is 3. The Hall–Kier alpha value is -1.88.